The molecule has 0 spiro atoms. The molecule has 0 saturated heterocycles. The Bertz CT molecular complexity index is 716. The number of carboxylic acid groups (broad SMARTS) is 1. The van der Waals surface area contributed by atoms with Crippen LogP contribution in [0.5, 0.6) is 0 Å². The fourth-order valence-corrected chi connectivity index (χ4v) is 9.03. The highest BCUT2D eigenvalue weighted by molar-refractivity contribution is 5.85. The maximum absolute atomic E-state index is 11.3. The van der Waals surface area contributed by atoms with Crippen molar-refractivity contribution in [2.75, 3.05) is 0 Å². The highest BCUT2D eigenvalue weighted by Crippen LogP contribution is 2.68. The lowest BCUT2D eigenvalue weighted by atomic mass is 9.43. The number of aliphatic carboxylic acids is 1. The second-order valence-corrected chi connectivity index (χ2v) is 12.2. The van der Waals surface area contributed by atoms with Crippen LogP contribution in [-0.2, 0) is 4.79 Å². The van der Waals surface area contributed by atoms with Gasteiger partial charge in [0.1, 0.15) is 0 Å². The Balaban J connectivity index is 1.49. The summed E-state index contributed by atoms with van der Waals surface area (Å²) in [5, 5.41) is 30.7. The molecule has 4 aliphatic rings. The van der Waals surface area contributed by atoms with Crippen LogP contribution in [-0.4, -0.2) is 33.5 Å². The highest BCUT2D eigenvalue weighted by atomic mass is 16.4. The van der Waals surface area contributed by atoms with Gasteiger partial charge >= 0.3 is 5.97 Å². The van der Waals surface area contributed by atoms with E-state index in [1.165, 1.54) is 25.7 Å². The second-order valence-electron chi connectivity index (χ2n) is 12.2. The van der Waals surface area contributed by atoms with Gasteiger partial charge in [0.25, 0.3) is 0 Å². The van der Waals surface area contributed by atoms with Crippen molar-refractivity contribution in [2.45, 2.75) is 104 Å². The number of allylic oxidation sites excluding steroid dienone is 1. The average molecular weight is 433 g/mol. The van der Waals surface area contributed by atoms with E-state index >= 15 is 0 Å². The van der Waals surface area contributed by atoms with Gasteiger partial charge in [0.05, 0.1) is 12.2 Å². The molecule has 0 radical (unpaired) electrons. The Morgan fingerprint density at radius 2 is 1.71 bits per heavy atom. The van der Waals surface area contributed by atoms with Crippen LogP contribution in [0.3, 0.4) is 0 Å². The molecule has 10 atom stereocenters. The molecule has 0 aliphatic heterocycles. The minimum absolute atomic E-state index is 0.175. The third kappa shape index (κ3) is 3.90. The Hall–Kier alpha value is -0.870. The van der Waals surface area contributed by atoms with Crippen molar-refractivity contribution >= 4 is 5.97 Å². The topological polar surface area (TPSA) is 77.8 Å². The Morgan fingerprint density at radius 3 is 2.42 bits per heavy atom. The van der Waals surface area contributed by atoms with Crippen molar-refractivity contribution in [3.8, 4) is 0 Å². The molecule has 4 saturated carbocycles. The number of carboxylic acids is 1. The van der Waals surface area contributed by atoms with Crippen LogP contribution < -0.4 is 0 Å². The van der Waals surface area contributed by atoms with Gasteiger partial charge in [0.2, 0.25) is 0 Å². The number of hydrogen-bond donors (Lipinski definition) is 3. The zero-order valence-corrected chi connectivity index (χ0v) is 20.0. The first kappa shape index (κ1) is 23.3. The predicted octanol–water partition coefficient (Wildman–Crippen LogP) is 5.42. The van der Waals surface area contributed by atoms with Crippen LogP contribution in [0, 0.1) is 46.3 Å². The molecule has 0 aromatic heterocycles. The number of rotatable bonds is 5. The van der Waals surface area contributed by atoms with Crippen molar-refractivity contribution in [1.29, 1.82) is 0 Å². The van der Waals surface area contributed by atoms with E-state index in [2.05, 4.69) is 20.8 Å². The molecule has 4 nitrogen and oxygen atoms in total. The molecule has 1 unspecified atom stereocenters. The molecular formula is C27H44O4. The number of hydrogen-bond acceptors (Lipinski definition) is 3. The molecule has 4 aliphatic carbocycles. The predicted molar refractivity (Wildman–Crippen MR) is 122 cm³/mol. The van der Waals surface area contributed by atoms with E-state index < -0.39 is 5.97 Å². The molecule has 31 heavy (non-hydrogen) atoms. The van der Waals surface area contributed by atoms with Gasteiger partial charge in [-0.2, -0.15) is 0 Å². The van der Waals surface area contributed by atoms with Crippen molar-refractivity contribution in [3.63, 3.8) is 0 Å². The summed E-state index contributed by atoms with van der Waals surface area (Å²) >= 11 is 0. The molecule has 4 fully saturated rings. The fraction of sp³-hybridized carbons (Fsp3) is 0.889. The molecule has 0 amide bonds. The van der Waals surface area contributed by atoms with Crippen molar-refractivity contribution < 1.29 is 20.1 Å². The van der Waals surface area contributed by atoms with Gasteiger partial charge in [-0.15, -0.1) is 0 Å². The summed E-state index contributed by atoms with van der Waals surface area (Å²) in [6.07, 6.45) is 12.1. The minimum Gasteiger partial charge on any atom is -0.478 e. The van der Waals surface area contributed by atoms with Gasteiger partial charge in [-0.25, -0.2) is 4.79 Å². The third-order valence-electron chi connectivity index (χ3n) is 10.8. The van der Waals surface area contributed by atoms with E-state index in [0.29, 0.717) is 46.5 Å². The van der Waals surface area contributed by atoms with Crippen LogP contribution in [0.1, 0.15) is 91.9 Å². The molecule has 4 rings (SSSR count). The quantitative estimate of drug-likeness (QED) is 0.507. The lowest BCUT2D eigenvalue weighted by Gasteiger charge is -2.62. The number of aliphatic hydroxyl groups excluding tert-OH is 2. The number of aliphatic hydroxyl groups is 2. The maximum Gasteiger partial charge on any atom is 0.330 e. The number of fused-ring (bicyclic) bond motifs is 5. The van der Waals surface area contributed by atoms with Crippen molar-refractivity contribution in [1.82, 2.24) is 0 Å². The highest BCUT2D eigenvalue weighted by Gasteiger charge is 2.62. The van der Waals surface area contributed by atoms with E-state index in [9.17, 15) is 15.0 Å². The monoisotopic (exact) mass is 432 g/mol. The molecule has 3 N–H and O–H groups in total. The number of carbonyl (C=O) groups is 1. The smallest absolute Gasteiger partial charge is 0.330 e. The van der Waals surface area contributed by atoms with Crippen LogP contribution in [0.4, 0.5) is 0 Å². The van der Waals surface area contributed by atoms with Crippen LogP contribution in [0.25, 0.3) is 0 Å². The minimum atomic E-state index is -0.813. The molecule has 0 bridgehead atoms. The first-order chi connectivity index (χ1) is 14.6. The fourth-order valence-electron chi connectivity index (χ4n) is 9.03. The average Bonchev–Trinajstić information content (AvgIpc) is 3.06. The van der Waals surface area contributed by atoms with E-state index in [0.717, 1.165) is 38.5 Å². The molecule has 4 heteroatoms. The van der Waals surface area contributed by atoms with Gasteiger partial charge in [0.15, 0.2) is 0 Å². The van der Waals surface area contributed by atoms with E-state index in [1.54, 1.807) is 6.92 Å². The van der Waals surface area contributed by atoms with E-state index in [-0.39, 0.29) is 17.6 Å². The van der Waals surface area contributed by atoms with Crippen LogP contribution in [0.15, 0.2) is 11.6 Å². The molecular weight excluding hydrogens is 388 g/mol. The lowest BCUT2D eigenvalue weighted by Crippen LogP contribution is -2.58. The summed E-state index contributed by atoms with van der Waals surface area (Å²) in [6, 6.07) is 0. The van der Waals surface area contributed by atoms with Gasteiger partial charge in [-0.05, 0) is 117 Å². The summed E-state index contributed by atoms with van der Waals surface area (Å²) in [6.45, 7) is 9.03. The largest absolute Gasteiger partial charge is 0.478 e. The first-order valence-electron chi connectivity index (χ1n) is 12.8. The zero-order valence-electron chi connectivity index (χ0n) is 20.0. The Morgan fingerprint density at radius 1 is 1.03 bits per heavy atom. The standard InChI is InChI=1S/C27H44O4/c1-16(6-5-7-17(2)25(30)31)20-8-9-21-24-22(11-13-27(20,21)4)26(3)12-10-19(28)14-18(26)15-23(24)29/h7,16,18-24,28-29H,5-6,8-15H2,1-4H3,(H,30,31)/b17-7+/t16-,18?,19-,20-,21+,22+,23-,24+,26+,27-/m1/s1. The Kier molecular flexibility index (Phi) is 6.37. The van der Waals surface area contributed by atoms with Gasteiger partial charge in [0, 0.05) is 5.57 Å². The first-order valence-corrected chi connectivity index (χ1v) is 12.8. The summed E-state index contributed by atoms with van der Waals surface area (Å²) < 4.78 is 0. The van der Waals surface area contributed by atoms with Gasteiger partial charge in [-0.1, -0.05) is 26.8 Å². The molecule has 0 aromatic rings. The summed E-state index contributed by atoms with van der Waals surface area (Å²) in [5.41, 5.74) is 1.03. The summed E-state index contributed by atoms with van der Waals surface area (Å²) in [4.78, 5) is 11.1. The normalized spacial score (nSPS) is 48.5. The molecule has 0 heterocycles. The van der Waals surface area contributed by atoms with Crippen molar-refractivity contribution in [3.05, 3.63) is 11.6 Å². The van der Waals surface area contributed by atoms with Crippen LogP contribution >= 0.6 is 0 Å². The van der Waals surface area contributed by atoms with Crippen LogP contribution in [0.2, 0.25) is 0 Å². The van der Waals surface area contributed by atoms with Gasteiger partial charge in [-0.3, -0.25) is 0 Å². The maximum atomic E-state index is 11.3. The van der Waals surface area contributed by atoms with Gasteiger partial charge < -0.3 is 15.3 Å². The molecule has 176 valence electrons. The van der Waals surface area contributed by atoms with E-state index in [1.807, 2.05) is 6.08 Å². The third-order valence-corrected chi connectivity index (χ3v) is 10.8. The van der Waals surface area contributed by atoms with E-state index in [4.69, 9.17) is 5.11 Å². The zero-order chi connectivity index (χ0) is 22.6. The van der Waals surface area contributed by atoms with Crippen molar-refractivity contribution in [2.24, 2.45) is 46.3 Å². The Labute approximate surface area is 188 Å². The second kappa shape index (κ2) is 8.48. The summed E-state index contributed by atoms with van der Waals surface area (Å²) in [7, 11) is 0. The lowest BCUT2D eigenvalue weighted by molar-refractivity contribution is -0.174. The SMILES string of the molecule is C/C(=C\CC[C@@H](C)[C@H]1CC[C@H]2[C@@H]3[C@H](O)CC4C[C@H](O)CC[C@]4(C)[C@H]3CC[C@]12C)C(=O)O. The molecule has 0 aromatic carbocycles. The summed E-state index contributed by atoms with van der Waals surface area (Å²) in [5.74, 6) is 2.53.